The van der Waals surface area contributed by atoms with Gasteiger partial charge in [0.05, 0.1) is 6.61 Å². The van der Waals surface area contributed by atoms with Gasteiger partial charge in [0, 0.05) is 5.69 Å². The van der Waals surface area contributed by atoms with Crippen LogP contribution in [0.3, 0.4) is 0 Å². The quantitative estimate of drug-likeness (QED) is 0.556. The zero-order valence-corrected chi connectivity index (χ0v) is 6.23. The molecule has 1 saturated heterocycles. The Kier molecular flexibility index (Phi) is 1.82. The van der Waals surface area contributed by atoms with Gasteiger partial charge in [0.2, 0.25) is 0 Å². The maximum atomic E-state index is 5.32. The molecule has 1 aromatic carbocycles. The Morgan fingerprint density at radius 2 is 2.09 bits per heavy atom. The summed E-state index contributed by atoms with van der Waals surface area (Å²) in [6.45, 7) is 0.800. The molecule has 1 heterocycles. The Bertz CT molecular complexity index is 221. The second-order valence-electron chi connectivity index (χ2n) is 2.47. The van der Waals surface area contributed by atoms with Crippen molar-refractivity contribution in [2.24, 2.45) is 0 Å². The van der Waals surface area contributed by atoms with Gasteiger partial charge in [-0.1, -0.05) is 18.2 Å². The van der Waals surface area contributed by atoms with Crippen molar-refractivity contribution in [2.45, 2.75) is 6.32 Å². The fourth-order valence-corrected chi connectivity index (χ4v) is 1.13. The predicted molar refractivity (Wildman–Crippen MR) is 45.4 cm³/mol. The van der Waals surface area contributed by atoms with Crippen molar-refractivity contribution in [3.8, 4) is 0 Å². The van der Waals surface area contributed by atoms with E-state index in [4.69, 9.17) is 4.84 Å². The molecule has 0 amide bonds. The van der Waals surface area contributed by atoms with Crippen LogP contribution in [0.15, 0.2) is 30.3 Å². The number of hydrogen-bond acceptors (Lipinski definition) is 2. The Labute approximate surface area is 67.0 Å². The molecule has 1 aromatic rings. The molecule has 1 fully saturated rings. The van der Waals surface area contributed by atoms with Crippen molar-refractivity contribution in [3.05, 3.63) is 30.3 Å². The van der Waals surface area contributed by atoms with Crippen LogP contribution in [0.4, 0.5) is 5.69 Å². The summed E-state index contributed by atoms with van der Waals surface area (Å²) in [5, 5.41) is 0. The first-order valence-corrected chi connectivity index (χ1v) is 3.77. The van der Waals surface area contributed by atoms with Crippen molar-refractivity contribution in [1.29, 1.82) is 0 Å². The maximum Gasteiger partial charge on any atom is 0.288 e. The summed E-state index contributed by atoms with van der Waals surface area (Å²) in [7, 11) is 2.05. The molecule has 0 unspecified atom stereocenters. The summed E-state index contributed by atoms with van der Waals surface area (Å²) < 4.78 is 0. The first-order chi connectivity index (χ1) is 5.47. The standard InChI is InChI=1S/C8H9BNO/c1-2-4-8(5-3-1)10-9-6-7-11-10/h1-5H,6-7H2. The van der Waals surface area contributed by atoms with Crippen LogP contribution in [0.5, 0.6) is 0 Å². The highest BCUT2D eigenvalue weighted by Gasteiger charge is 2.14. The minimum Gasteiger partial charge on any atom is -0.306 e. The van der Waals surface area contributed by atoms with Crippen LogP contribution in [-0.4, -0.2) is 14.0 Å². The third kappa shape index (κ3) is 1.38. The fourth-order valence-electron chi connectivity index (χ4n) is 1.13. The van der Waals surface area contributed by atoms with E-state index in [0.717, 1.165) is 18.6 Å². The Morgan fingerprint density at radius 1 is 1.27 bits per heavy atom. The highest BCUT2D eigenvalue weighted by Crippen LogP contribution is 2.16. The lowest BCUT2D eigenvalue weighted by molar-refractivity contribution is 0.185. The third-order valence-corrected chi connectivity index (χ3v) is 1.65. The van der Waals surface area contributed by atoms with Gasteiger partial charge in [-0.05, 0) is 18.5 Å². The highest BCUT2D eigenvalue weighted by atomic mass is 16.7. The molecule has 0 aliphatic carbocycles. The van der Waals surface area contributed by atoms with Gasteiger partial charge in [0.15, 0.2) is 0 Å². The number of anilines is 1. The highest BCUT2D eigenvalue weighted by molar-refractivity contribution is 6.41. The molecule has 0 atom stereocenters. The summed E-state index contributed by atoms with van der Waals surface area (Å²) in [4.78, 5) is 7.14. The van der Waals surface area contributed by atoms with E-state index < -0.39 is 0 Å². The lowest BCUT2D eigenvalue weighted by Crippen LogP contribution is -2.18. The number of hydrogen-bond donors (Lipinski definition) is 0. The molecule has 3 heteroatoms. The van der Waals surface area contributed by atoms with Crippen LogP contribution < -0.4 is 4.97 Å². The predicted octanol–water partition coefficient (Wildman–Crippen LogP) is 1.48. The zero-order valence-electron chi connectivity index (χ0n) is 6.23. The topological polar surface area (TPSA) is 12.5 Å². The molecule has 0 aromatic heterocycles. The second-order valence-corrected chi connectivity index (χ2v) is 2.47. The van der Waals surface area contributed by atoms with E-state index in [2.05, 4.69) is 7.41 Å². The summed E-state index contributed by atoms with van der Waals surface area (Å²) in [6.07, 6.45) is 1.01. The van der Waals surface area contributed by atoms with Crippen molar-refractivity contribution in [3.63, 3.8) is 0 Å². The molecular weight excluding hydrogens is 137 g/mol. The van der Waals surface area contributed by atoms with Crippen molar-refractivity contribution in [2.75, 3.05) is 11.6 Å². The maximum absolute atomic E-state index is 5.32. The summed E-state index contributed by atoms with van der Waals surface area (Å²) in [5.41, 5.74) is 1.10. The Hall–Kier alpha value is -0.955. The van der Waals surface area contributed by atoms with Crippen LogP contribution in [0, 0.1) is 0 Å². The molecule has 0 saturated carbocycles. The molecule has 55 valence electrons. The number of benzene rings is 1. The van der Waals surface area contributed by atoms with Gasteiger partial charge >= 0.3 is 0 Å². The molecule has 0 bridgehead atoms. The van der Waals surface area contributed by atoms with Gasteiger partial charge in [0.25, 0.3) is 7.41 Å². The van der Waals surface area contributed by atoms with Gasteiger partial charge in [-0.25, -0.2) is 0 Å². The average Bonchev–Trinajstić information content (AvgIpc) is 2.58. The minimum absolute atomic E-state index is 0.800. The smallest absolute Gasteiger partial charge is 0.288 e. The van der Waals surface area contributed by atoms with Gasteiger partial charge in [-0.3, -0.25) is 4.84 Å². The second kappa shape index (κ2) is 2.97. The van der Waals surface area contributed by atoms with Crippen molar-refractivity contribution < 1.29 is 4.84 Å². The third-order valence-electron chi connectivity index (χ3n) is 1.65. The van der Waals surface area contributed by atoms with Crippen LogP contribution in [0.2, 0.25) is 6.32 Å². The van der Waals surface area contributed by atoms with Gasteiger partial charge < -0.3 is 4.97 Å². The first kappa shape index (κ1) is 6.74. The summed E-state index contributed by atoms with van der Waals surface area (Å²) in [5.74, 6) is 0. The molecule has 2 nitrogen and oxygen atoms in total. The molecule has 0 N–H and O–H groups in total. The zero-order chi connectivity index (χ0) is 7.52. The van der Waals surface area contributed by atoms with Crippen LogP contribution in [0.1, 0.15) is 0 Å². The van der Waals surface area contributed by atoms with E-state index in [1.54, 1.807) is 0 Å². The summed E-state index contributed by atoms with van der Waals surface area (Å²) in [6, 6.07) is 10.1. The molecule has 1 aliphatic heterocycles. The number of nitrogens with zero attached hydrogens (tertiary/aromatic N) is 1. The number of rotatable bonds is 1. The van der Waals surface area contributed by atoms with E-state index in [1.165, 1.54) is 0 Å². The monoisotopic (exact) mass is 146 g/mol. The first-order valence-electron chi connectivity index (χ1n) is 3.77. The lowest BCUT2D eigenvalue weighted by Gasteiger charge is -2.15. The van der Waals surface area contributed by atoms with Crippen LogP contribution in [-0.2, 0) is 4.84 Å². The van der Waals surface area contributed by atoms with Gasteiger partial charge in [-0.15, -0.1) is 0 Å². The van der Waals surface area contributed by atoms with Crippen LogP contribution >= 0.6 is 0 Å². The Balaban J connectivity index is 2.16. The molecule has 2 rings (SSSR count). The van der Waals surface area contributed by atoms with E-state index in [-0.39, 0.29) is 0 Å². The SMILES string of the molecule is [B]1CCON1c1ccccc1. The van der Waals surface area contributed by atoms with E-state index in [9.17, 15) is 0 Å². The Morgan fingerprint density at radius 3 is 2.73 bits per heavy atom. The molecule has 0 spiro atoms. The normalized spacial score (nSPS) is 16.5. The minimum atomic E-state index is 0.800. The van der Waals surface area contributed by atoms with Crippen molar-refractivity contribution in [1.82, 2.24) is 0 Å². The van der Waals surface area contributed by atoms with E-state index in [1.807, 2.05) is 35.3 Å². The average molecular weight is 146 g/mol. The van der Waals surface area contributed by atoms with Gasteiger partial charge in [0.1, 0.15) is 0 Å². The number of para-hydroxylation sites is 1. The van der Waals surface area contributed by atoms with E-state index >= 15 is 0 Å². The van der Waals surface area contributed by atoms with Crippen LogP contribution in [0.25, 0.3) is 0 Å². The lowest BCUT2D eigenvalue weighted by atomic mass is 9.90. The molecular formula is C8H9BNO. The molecule has 11 heavy (non-hydrogen) atoms. The summed E-state index contributed by atoms with van der Waals surface area (Å²) >= 11 is 0. The van der Waals surface area contributed by atoms with Crippen molar-refractivity contribution >= 4 is 13.1 Å². The largest absolute Gasteiger partial charge is 0.306 e. The van der Waals surface area contributed by atoms with E-state index in [0.29, 0.717) is 0 Å². The molecule has 1 radical (unpaired) electrons. The van der Waals surface area contributed by atoms with Gasteiger partial charge in [-0.2, -0.15) is 0 Å². The molecule has 1 aliphatic rings. The fraction of sp³-hybridized carbons (Fsp3) is 0.250.